The van der Waals surface area contributed by atoms with Gasteiger partial charge in [0.25, 0.3) is 0 Å². The number of hydrogen-bond acceptors (Lipinski definition) is 5. The summed E-state index contributed by atoms with van der Waals surface area (Å²) < 4.78 is 6.83. The molecular formula is C29H39N3OS. The third kappa shape index (κ3) is 5.94. The van der Waals surface area contributed by atoms with E-state index >= 15 is 0 Å². The molecule has 1 aliphatic carbocycles. The van der Waals surface area contributed by atoms with Crippen LogP contribution >= 0.6 is 11.3 Å². The normalized spacial score (nSPS) is 24.7. The van der Waals surface area contributed by atoms with Gasteiger partial charge >= 0.3 is 0 Å². The second-order valence-electron chi connectivity index (χ2n) is 10.2. The second kappa shape index (κ2) is 11.1. The molecule has 2 saturated heterocycles. The molecule has 2 fully saturated rings. The van der Waals surface area contributed by atoms with Crippen molar-refractivity contribution in [2.45, 2.75) is 45.3 Å². The van der Waals surface area contributed by atoms with Gasteiger partial charge in [-0.05, 0) is 49.2 Å². The first-order chi connectivity index (χ1) is 16.6. The van der Waals surface area contributed by atoms with Crippen LogP contribution in [-0.4, -0.2) is 67.1 Å². The minimum atomic E-state index is 0.354. The van der Waals surface area contributed by atoms with E-state index in [4.69, 9.17) is 4.74 Å². The Morgan fingerprint density at radius 2 is 1.74 bits per heavy atom. The van der Waals surface area contributed by atoms with Crippen LogP contribution in [0.3, 0.4) is 0 Å². The quantitative estimate of drug-likeness (QED) is 0.531. The van der Waals surface area contributed by atoms with Crippen molar-refractivity contribution in [3.63, 3.8) is 0 Å². The maximum absolute atomic E-state index is 6.83. The zero-order valence-electron chi connectivity index (χ0n) is 20.8. The van der Waals surface area contributed by atoms with Crippen LogP contribution in [0.25, 0.3) is 6.08 Å². The minimum Gasteiger partial charge on any atom is -0.493 e. The van der Waals surface area contributed by atoms with Crippen molar-refractivity contribution in [1.29, 1.82) is 0 Å². The predicted octanol–water partition coefficient (Wildman–Crippen LogP) is 5.70. The van der Waals surface area contributed by atoms with Crippen molar-refractivity contribution in [3.8, 4) is 0 Å². The van der Waals surface area contributed by atoms with Gasteiger partial charge in [-0.1, -0.05) is 55.0 Å². The van der Waals surface area contributed by atoms with Gasteiger partial charge in [0.1, 0.15) is 11.9 Å². The van der Waals surface area contributed by atoms with Crippen molar-refractivity contribution < 1.29 is 4.74 Å². The lowest BCUT2D eigenvalue weighted by atomic mass is 9.85. The fraction of sp³-hybridized carbons (Fsp3) is 0.517. The number of likely N-dealkylation sites (tertiary alicyclic amines) is 1. The number of ether oxygens (including phenoxy) is 1. The summed E-state index contributed by atoms with van der Waals surface area (Å²) >= 11 is 1.87. The molecule has 5 rings (SSSR count). The van der Waals surface area contributed by atoms with Crippen LogP contribution in [0.2, 0.25) is 0 Å². The summed E-state index contributed by atoms with van der Waals surface area (Å²) in [5, 5.41) is 2.19. The monoisotopic (exact) mass is 477 g/mol. The van der Waals surface area contributed by atoms with Crippen LogP contribution in [0.15, 0.2) is 64.9 Å². The summed E-state index contributed by atoms with van der Waals surface area (Å²) in [6.45, 7) is 10.2. The molecule has 1 unspecified atom stereocenters. The molecule has 0 saturated carbocycles. The molecule has 2 aliphatic heterocycles. The second-order valence-corrected chi connectivity index (χ2v) is 11.3. The number of rotatable bonds is 6. The third-order valence-electron chi connectivity index (χ3n) is 7.66. The lowest BCUT2D eigenvalue weighted by Crippen LogP contribution is -2.46. The van der Waals surface area contributed by atoms with Gasteiger partial charge in [0, 0.05) is 57.1 Å². The Labute approximate surface area is 209 Å². The van der Waals surface area contributed by atoms with E-state index in [-0.39, 0.29) is 0 Å². The molecule has 3 heterocycles. The van der Waals surface area contributed by atoms with Crippen LogP contribution in [0, 0.1) is 5.92 Å². The number of nitrogens with zero attached hydrogens (tertiary/aromatic N) is 3. The molecule has 0 amide bonds. The van der Waals surface area contributed by atoms with Crippen LogP contribution in [0.4, 0.5) is 0 Å². The van der Waals surface area contributed by atoms with Crippen LogP contribution in [0.1, 0.15) is 43.0 Å². The lowest BCUT2D eigenvalue weighted by Gasteiger charge is -2.41. The molecule has 2 aromatic rings. The van der Waals surface area contributed by atoms with Crippen LogP contribution < -0.4 is 0 Å². The molecule has 0 N–H and O–H groups in total. The van der Waals surface area contributed by atoms with Gasteiger partial charge in [-0.2, -0.15) is 0 Å². The van der Waals surface area contributed by atoms with Crippen molar-refractivity contribution >= 4 is 17.4 Å². The number of allylic oxidation sites excluding steroid dienone is 2. The van der Waals surface area contributed by atoms with E-state index in [0.29, 0.717) is 12.0 Å². The summed E-state index contributed by atoms with van der Waals surface area (Å²) in [6, 6.07) is 15.2. The van der Waals surface area contributed by atoms with Gasteiger partial charge in [0.2, 0.25) is 0 Å². The maximum atomic E-state index is 6.83. The molecule has 4 nitrogen and oxygen atoms in total. The van der Waals surface area contributed by atoms with Gasteiger partial charge in [0.05, 0.1) is 5.70 Å². The van der Waals surface area contributed by atoms with Crippen LogP contribution in [-0.2, 0) is 11.3 Å². The molecule has 3 aliphatic rings. The van der Waals surface area contributed by atoms with E-state index in [9.17, 15) is 0 Å². The highest BCUT2D eigenvalue weighted by atomic mass is 32.1. The molecule has 182 valence electrons. The van der Waals surface area contributed by atoms with E-state index < -0.39 is 0 Å². The van der Waals surface area contributed by atoms with Crippen molar-refractivity contribution in [3.05, 3.63) is 75.3 Å². The standard InChI is InChI=1S/C29H39N3OS/c1-23-19-28(32-16-14-31(15-17-32)22-27-9-6-18-34-27)29(33-26-10-12-30(2)13-11-26)21-25(23)20-24-7-4-3-5-8-24/h3-9,18,20,23,26H,10-17,19,21-22H2,1-2H3/b25-20+. The fourth-order valence-corrected chi connectivity index (χ4v) is 6.22. The Morgan fingerprint density at radius 1 is 0.971 bits per heavy atom. The number of piperidine rings is 1. The van der Waals surface area contributed by atoms with E-state index in [1.165, 1.54) is 27.5 Å². The highest BCUT2D eigenvalue weighted by Gasteiger charge is 2.31. The Hall–Kier alpha value is -2.08. The number of hydrogen-bond donors (Lipinski definition) is 0. The van der Waals surface area contributed by atoms with Crippen molar-refractivity contribution in [2.24, 2.45) is 5.92 Å². The molecule has 34 heavy (non-hydrogen) atoms. The Morgan fingerprint density at radius 3 is 2.44 bits per heavy atom. The number of benzene rings is 1. The number of thiophene rings is 1. The first kappa shape index (κ1) is 23.7. The molecular weight excluding hydrogens is 438 g/mol. The molecule has 0 radical (unpaired) electrons. The Kier molecular flexibility index (Phi) is 7.73. The smallest absolute Gasteiger partial charge is 0.119 e. The molecule has 1 atom stereocenters. The zero-order chi connectivity index (χ0) is 23.3. The SMILES string of the molecule is CC1CC(N2CCN(Cc3cccs3)CC2)=C(OC2CCN(C)CC2)C/C1=C\c1ccccc1. The van der Waals surface area contributed by atoms with Gasteiger partial charge < -0.3 is 14.5 Å². The first-order valence-corrected chi connectivity index (χ1v) is 13.8. The minimum absolute atomic E-state index is 0.354. The molecule has 5 heteroatoms. The van der Waals surface area contributed by atoms with E-state index in [1.54, 1.807) is 0 Å². The Balaban J connectivity index is 1.32. The highest BCUT2D eigenvalue weighted by molar-refractivity contribution is 7.09. The summed E-state index contributed by atoms with van der Waals surface area (Å²) in [5.74, 6) is 1.80. The van der Waals surface area contributed by atoms with E-state index in [0.717, 1.165) is 71.5 Å². The van der Waals surface area contributed by atoms with Crippen molar-refractivity contribution in [1.82, 2.24) is 14.7 Å². The van der Waals surface area contributed by atoms with Gasteiger partial charge in [-0.3, -0.25) is 4.90 Å². The summed E-state index contributed by atoms with van der Waals surface area (Å²) in [6.07, 6.45) is 7.06. The maximum Gasteiger partial charge on any atom is 0.119 e. The van der Waals surface area contributed by atoms with Crippen molar-refractivity contribution in [2.75, 3.05) is 46.3 Å². The van der Waals surface area contributed by atoms with Crippen LogP contribution in [0.5, 0.6) is 0 Å². The molecule has 1 aromatic carbocycles. The topological polar surface area (TPSA) is 19.0 Å². The molecule has 0 spiro atoms. The lowest BCUT2D eigenvalue weighted by molar-refractivity contribution is 0.0436. The largest absolute Gasteiger partial charge is 0.493 e. The Bertz CT molecular complexity index is 968. The van der Waals surface area contributed by atoms with Gasteiger partial charge in [-0.25, -0.2) is 0 Å². The molecule has 1 aromatic heterocycles. The first-order valence-electron chi connectivity index (χ1n) is 13.0. The summed E-state index contributed by atoms with van der Waals surface area (Å²) in [4.78, 5) is 9.14. The van der Waals surface area contributed by atoms with E-state index in [1.807, 2.05) is 11.3 Å². The third-order valence-corrected chi connectivity index (χ3v) is 8.52. The average molecular weight is 478 g/mol. The van der Waals surface area contributed by atoms with E-state index in [2.05, 4.69) is 82.6 Å². The zero-order valence-corrected chi connectivity index (χ0v) is 21.6. The fourth-order valence-electron chi connectivity index (χ4n) is 5.47. The average Bonchev–Trinajstić information content (AvgIpc) is 3.37. The summed E-state index contributed by atoms with van der Waals surface area (Å²) in [5.41, 5.74) is 4.29. The van der Waals surface area contributed by atoms with Gasteiger partial charge in [-0.15, -0.1) is 11.3 Å². The van der Waals surface area contributed by atoms with Gasteiger partial charge in [0.15, 0.2) is 0 Å². The summed E-state index contributed by atoms with van der Waals surface area (Å²) in [7, 11) is 2.22. The predicted molar refractivity (Wildman–Crippen MR) is 143 cm³/mol. The highest BCUT2D eigenvalue weighted by Crippen LogP contribution is 2.38. The molecule has 0 bridgehead atoms. The number of piperazine rings is 1.